The number of rotatable bonds is 6. The van der Waals surface area contributed by atoms with Gasteiger partial charge < -0.3 is 0 Å². The molecule has 0 aliphatic carbocycles. The molecule has 0 atom stereocenters. The zero-order valence-electron chi connectivity index (χ0n) is 7.06. The third kappa shape index (κ3) is 5.12. The van der Waals surface area contributed by atoms with Crippen LogP contribution >= 0.6 is 12.8 Å². The summed E-state index contributed by atoms with van der Waals surface area (Å²) >= 11 is 4.00. The fourth-order valence-electron chi connectivity index (χ4n) is 1.29. The van der Waals surface area contributed by atoms with Crippen molar-refractivity contribution in [3.8, 4) is 0 Å². The van der Waals surface area contributed by atoms with Crippen molar-refractivity contribution in [3.63, 3.8) is 0 Å². The van der Waals surface area contributed by atoms with Crippen molar-refractivity contribution in [1.29, 1.82) is 0 Å². The summed E-state index contributed by atoms with van der Waals surface area (Å²) in [7, 11) is 0. The van der Waals surface area contributed by atoms with Crippen molar-refractivity contribution in [2.24, 2.45) is 5.92 Å². The van der Waals surface area contributed by atoms with E-state index in [1.165, 1.54) is 25.7 Å². The summed E-state index contributed by atoms with van der Waals surface area (Å²) in [6.07, 6.45) is 5.25. The topological polar surface area (TPSA) is 12.0 Å². The van der Waals surface area contributed by atoms with Crippen molar-refractivity contribution >= 4 is 12.8 Å². The van der Waals surface area contributed by atoms with Gasteiger partial charge in [0.15, 0.2) is 0 Å². The first-order valence-electron chi connectivity index (χ1n) is 4.22. The molecule has 0 radical (unpaired) electrons. The number of hydrogen-bond donors (Lipinski definition) is 2. The third-order valence-electron chi connectivity index (χ3n) is 1.77. The van der Waals surface area contributed by atoms with Crippen LogP contribution in [0.25, 0.3) is 0 Å². The van der Waals surface area contributed by atoms with Crippen LogP contribution in [0.3, 0.4) is 0 Å². The second-order valence-electron chi connectivity index (χ2n) is 2.81. The van der Waals surface area contributed by atoms with Crippen LogP contribution in [-0.4, -0.2) is 6.54 Å². The largest absolute Gasteiger partial charge is 0.267 e. The normalized spacial score (nSPS) is 10.8. The van der Waals surface area contributed by atoms with E-state index in [2.05, 4.69) is 31.4 Å². The number of thiol groups is 1. The molecule has 0 bridgehead atoms. The maximum atomic E-state index is 4.00. The SMILES string of the molecule is CCCC(CCC)CNS. The van der Waals surface area contributed by atoms with Crippen LogP contribution in [0.2, 0.25) is 0 Å². The van der Waals surface area contributed by atoms with Gasteiger partial charge in [-0.3, -0.25) is 4.72 Å². The molecule has 0 fully saturated rings. The van der Waals surface area contributed by atoms with E-state index in [-0.39, 0.29) is 0 Å². The second-order valence-corrected chi connectivity index (χ2v) is 3.12. The molecule has 0 aromatic heterocycles. The molecule has 0 aliphatic rings. The maximum Gasteiger partial charge on any atom is 0.00845 e. The van der Waals surface area contributed by atoms with Gasteiger partial charge in [-0.25, -0.2) is 0 Å². The van der Waals surface area contributed by atoms with E-state index in [9.17, 15) is 0 Å². The van der Waals surface area contributed by atoms with Gasteiger partial charge in [-0.2, -0.15) is 0 Å². The summed E-state index contributed by atoms with van der Waals surface area (Å²) in [5, 5.41) is 0. The molecule has 1 N–H and O–H groups in total. The molecule has 0 spiro atoms. The number of hydrogen-bond acceptors (Lipinski definition) is 2. The molecule has 0 unspecified atom stereocenters. The Morgan fingerprint density at radius 3 is 2.00 bits per heavy atom. The van der Waals surface area contributed by atoms with Crippen molar-refractivity contribution in [1.82, 2.24) is 4.72 Å². The molecule has 0 aliphatic heterocycles. The van der Waals surface area contributed by atoms with E-state index in [0.717, 1.165) is 12.5 Å². The van der Waals surface area contributed by atoms with Gasteiger partial charge in [-0.1, -0.05) is 39.5 Å². The first-order chi connectivity index (χ1) is 4.85. The Morgan fingerprint density at radius 1 is 1.20 bits per heavy atom. The Bertz CT molecular complexity index is 52.0. The zero-order valence-corrected chi connectivity index (χ0v) is 7.95. The van der Waals surface area contributed by atoms with Crippen LogP contribution < -0.4 is 4.72 Å². The van der Waals surface area contributed by atoms with Gasteiger partial charge in [0.05, 0.1) is 0 Å². The minimum Gasteiger partial charge on any atom is -0.267 e. The highest BCUT2D eigenvalue weighted by Crippen LogP contribution is 2.11. The first-order valence-corrected chi connectivity index (χ1v) is 4.66. The van der Waals surface area contributed by atoms with Crippen LogP contribution in [0.5, 0.6) is 0 Å². The van der Waals surface area contributed by atoms with E-state index >= 15 is 0 Å². The Morgan fingerprint density at radius 2 is 1.70 bits per heavy atom. The summed E-state index contributed by atoms with van der Waals surface area (Å²) in [6, 6.07) is 0. The van der Waals surface area contributed by atoms with Gasteiger partial charge in [0, 0.05) is 6.54 Å². The molecule has 0 aromatic rings. The van der Waals surface area contributed by atoms with E-state index < -0.39 is 0 Å². The lowest BCUT2D eigenvalue weighted by Crippen LogP contribution is -2.14. The summed E-state index contributed by atoms with van der Waals surface area (Å²) in [4.78, 5) is 0. The summed E-state index contributed by atoms with van der Waals surface area (Å²) in [6.45, 7) is 5.53. The molecule has 0 rings (SSSR count). The van der Waals surface area contributed by atoms with Crippen molar-refractivity contribution in [2.75, 3.05) is 6.54 Å². The average molecular weight is 161 g/mol. The summed E-state index contributed by atoms with van der Waals surface area (Å²) in [5.74, 6) is 0.840. The number of nitrogens with one attached hydrogen (secondary N) is 1. The highest BCUT2D eigenvalue weighted by atomic mass is 32.1. The van der Waals surface area contributed by atoms with Gasteiger partial charge in [0.25, 0.3) is 0 Å². The Hall–Kier alpha value is 0.310. The molecule has 0 saturated carbocycles. The van der Waals surface area contributed by atoms with E-state index in [4.69, 9.17) is 0 Å². The molecule has 2 heteroatoms. The lowest BCUT2D eigenvalue weighted by atomic mass is 9.99. The predicted molar refractivity (Wildman–Crippen MR) is 50.3 cm³/mol. The van der Waals surface area contributed by atoms with E-state index in [1.54, 1.807) is 0 Å². The van der Waals surface area contributed by atoms with Crippen LogP contribution in [0.4, 0.5) is 0 Å². The van der Waals surface area contributed by atoms with Gasteiger partial charge >= 0.3 is 0 Å². The van der Waals surface area contributed by atoms with Crippen molar-refractivity contribution in [3.05, 3.63) is 0 Å². The molecule has 1 nitrogen and oxygen atoms in total. The van der Waals surface area contributed by atoms with E-state index in [0.29, 0.717) is 0 Å². The van der Waals surface area contributed by atoms with Crippen molar-refractivity contribution < 1.29 is 0 Å². The Balaban J connectivity index is 3.30. The molecular formula is C8H19NS. The molecule has 0 heterocycles. The zero-order chi connectivity index (χ0) is 7.82. The Kier molecular flexibility index (Phi) is 7.65. The Labute approximate surface area is 70.1 Å². The quantitative estimate of drug-likeness (QED) is 0.571. The molecular weight excluding hydrogens is 142 g/mol. The third-order valence-corrected chi connectivity index (χ3v) is 1.96. The first kappa shape index (κ1) is 10.3. The monoisotopic (exact) mass is 161 g/mol. The lowest BCUT2D eigenvalue weighted by Gasteiger charge is -2.12. The van der Waals surface area contributed by atoms with Crippen LogP contribution in [0.15, 0.2) is 0 Å². The maximum absolute atomic E-state index is 4.00. The highest BCUT2D eigenvalue weighted by Gasteiger charge is 2.03. The fraction of sp³-hybridized carbons (Fsp3) is 1.00. The average Bonchev–Trinajstić information content (AvgIpc) is 1.90. The molecule has 62 valence electrons. The summed E-state index contributed by atoms with van der Waals surface area (Å²) < 4.78 is 2.93. The van der Waals surface area contributed by atoms with Crippen LogP contribution in [-0.2, 0) is 0 Å². The minimum atomic E-state index is 0.840. The van der Waals surface area contributed by atoms with Gasteiger partial charge in [-0.05, 0) is 18.8 Å². The van der Waals surface area contributed by atoms with E-state index in [1.807, 2.05) is 0 Å². The van der Waals surface area contributed by atoms with Gasteiger partial charge in [0.1, 0.15) is 0 Å². The predicted octanol–water partition coefficient (Wildman–Crippen LogP) is 2.64. The summed E-state index contributed by atoms with van der Waals surface area (Å²) in [5.41, 5.74) is 0. The smallest absolute Gasteiger partial charge is 0.00845 e. The van der Waals surface area contributed by atoms with Crippen molar-refractivity contribution in [2.45, 2.75) is 39.5 Å². The van der Waals surface area contributed by atoms with Gasteiger partial charge in [0.2, 0.25) is 0 Å². The minimum absolute atomic E-state index is 0.840. The standard InChI is InChI=1S/C8H19NS/c1-3-5-8(6-4-2)7-9-10/h8-10H,3-7H2,1-2H3. The molecule has 0 amide bonds. The second kappa shape index (κ2) is 7.42. The van der Waals surface area contributed by atoms with Gasteiger partial charge in [-0.15, -0.1) is 0 Å². The molecule has 0 aromatic carbocycles. The molecule has 10 heavy (non-hydrogen) atoms. The fourth-order valence-corrected chi connectivity index (χ4v) is 1.55. The lowest BCUT2D eigenvalue weighted by molar-refractivity contribution is 0.441. The van der Waals surface area contributed by atoms with Crippen LogP contribution in [0.1, 0.15) is 39.5 Å². The van der Waals surface area contributed by atoms with Crippen LogP contribution in [0, 0.1) is 5.92 Å². The molecule has 0 saturated heterocycles. The highest BCUT2D eigenvalue weighted by molar-refractivity contribution is 7.78.